The summed E-state index contributed by atoms with van der Waals surface area (Å²) in [7, 11) is 0. The fourth-order valence-electron chi connectivity index (χ4n) is 4.10. The molecule has 0 spiro atoms. The van der Waals surface area contributed by atoms with Gasteiger partial charge in [0.2, 0.25) is 5.91 Å². The average molecular weight is 339 g/mol. The molecule has 0 bridgehead atoms. The number of carbonyl (C=O) groups is 2. The molecule has 1 N–H and O–H groups in total. The second-order valence-corrected chi connectivity index (χ2v) is 7.07. The minimum Gasteiger partial charge on any atom is -0.463 e. The van der Waals surface area contributed by atoms with Crippen molar-refractivity contribution < 1.29 is 14.3 Å². The van der Waals surface area contributed by atoms with Crippen molar-refractivity contribution >= 4 is 11.9 Å². The molecule has 0 radical (unpaired) electrons. The van der Waals surface area contributed by atoms with Crippen molar-refractivity contribution in [2.24, 2.45) is 11.8 Å². The monoisotopic (exact) mass is 339 g/mol. The maximum absolute atomic E-state index is 11.9. The van der Waals surface area contributed by atoms with E-state index in [1.54, 1.807) is 4.90 Å². The fraction of sp³-hybridized carbons (Fsp3) is 0.889. The molecular weight excluding hydrogens is 306 g/mol. The zero-order chi connectivity index (χ0) is 16.1. The van der Waals surface area contributed by atoms with Gasteiger partial charge in [-0.05, 0) is 63.7 Å². The van der Waals surface area contributed by atoms with Crippen LogP contribution in [0.1, 0.15) is 39.5 Å². The van der Waals surface area contributed by atoms with Crippen molar-refractivity contribution in [1.82, 2.24) is 15.1 Å². The standard InChI is InChI=1S/C17H29N3O3.CH4/c21-16-2-1-7-20(16)10-11-23-17(22)13-19-8-4-14(5-9-19)15-3-6-18-12-15;/h14-15,18H,1-13H2;1H4. The number of nitrogens with one attached hydrogen (secondary N) is 1. The number of likely N-dealkylation sites (tertiary alicyclic amines) is 2. The van der Waals surface area contributed by atoms with Gasteiger partial charge in [-0.1, -0.05) is 7.43 Å². The first-order valence-corrected chi connectivity index (χ1v) is 9.09. The number of ether oxygens (including phenoxy) is 1. The Morgan fingerprint density at radius 3 is 2.58 bits per heavy atom. The summed E-state index contributed by atoms with van der Waals surface area (Å²) in [5, 5.41) is 3.45. The van der Waals surface area contributed by atoms with Crippen LogP contribution in [0, 0.1) is 11.8 Å². The van der Waals surface area contributed by atoms with E-state index in [1.807, 2.05) is 0 Å². The van der Waals surface area contributed by atoms with E-state index >= 15 is 0 Å². The number of carbonyl (C=O) groups excluding carboxylic acids is 2. The van der Waals surface area contributed by atoms with Crippen LogP contribution in [-0.4, -0.2) is 74.1 Å². The molecule has 0 aromatic carbocycles. The topological polar surface area (TPSA) is 61.9 Å². The van der Waals surface area contributed by atoms with Gasteiger partial charge in [0.05, 0.1) is 13.1 Å². The first kappa shape index (κ1) is 19.2. The number of amides is 1. The van der Waals surface area contributed by atoms with Crippen LogP contribution in [-0.2, 0) is 14.3 Å². The Morgan fingerprint density at radius 2 is 1.96 bits per heavy atom. The second kappa shape index (κ2) is 9.37. The highest BCUT2D eigenvalue weighted by Crippen LogP contribution is 2.28. The highest BCUT2D eigenvalue weighted by molar-refractivity contribution is 5.78. The number of hydrogen-bond acceptors (Lipinski definition) is 5. The Balaban J connectivity index is 0.00000208. The molecule has 0 aliphatic carbocycles. The van der Waals surface area contributed by atoms with Gasteiger partial charge in [0.15, 0.2) is 0 Å². The molecule has 3 heterocycles. The third-order valence-corrected chi connectivity index (χ3v) is 5.55. The number of rotatable bonds is 6. The van der Waals surface area contributed by atoms with Crippen LogP contribution in [0.25, 0.3) is 0 Å². The Hall–Kier alpha value is -1.14. The minimum atomic E-state index is -0.155. The van der Waals surface area contributed by atoms with E-state index in [4.69, 9.17) is 4.74 Å². The Labute approximate surface area is 145 Å². The largest absolute Gasteiger partial charge is 0.463 e. The predicted molar refractivity (Wildman–Crippen MR) is 93.6 cm³/mol. The lowest BCUT2D eigenvalue weighted by Crippen LogP contribution is -2.40. The van der Waals surface area contributed by atoms with E-state index in [0.717, 1.165) is 44.4 Å². The Morgan fingerprint density at radius 1 is 1.17 bits per heavy atom. The first-order valence-electron chi connectivity index (χ1n) is 9.09. The lowest BCUT2D eigenvalue weighted by atomic mass is 9.84. The highest BCUT2D eigenvalue weighted by atomic mass is 16.5. The van der Waals surface area contributed by atoms with Gasteiger partial charge >= 0.3 is 5.97 Å². The van der Waals surface area contributed by atoms with Crippen molar-refractivity contribution in [3.05, 3.63) is 0 Å². The number of nitrogens with zero attached hydrogens (tertiary/aromatic N) is 2. The highest BCUT2D eigenvalue weighted by Gasteiger charge is 2.29. The van der Waals surface area contributed by atoms with Gasteiger partial charge in [0.1, 0.15) is 6.61 Å². The van der Waals surface area contributed by atoms with Crippen LogP contribution in [0.5, 0.6) is 0 Å². The average Bonchev–Trinajstić information content (AvgIpc) is 3.20. The normalized spacial score (nSPS) is 25.8. The predicted octanol–water partition coefficient (Wildman–Crippen LogP) is 1.11. The third kappa shape index (κ3) is 5.18. The van der Waals surface area contributed by atoms with Crippen molar-refractivity contribution in [3.8, 4) is 0 Å². The van der Waals surface area contributed by atoms with Crippen LogP contribution in [0.3, 0.4) is 0 Å². The van der Waals surface area contributed by atoms with Crippen LogP contribution in [0.4, 0.5) is 0 Å². The van der Waals surface area contributed by atoms with Gasteiger partial charge in [0, 0.05) is 13.0 Å². The van der Waals surface area contributed by atoms with Gasteiger partial charge in [-0.3, -0.25) is 14.5 Å². The maximum Gasteiger partial charge on any atom is 0.320 e. The summed E-state index contributed by atoms with van der Waals surface area (Å²) in [6.07, 6.45) is 5.27. The molecule has 1 amide bonds. The van der Waals surface area contributed by atoms with Gasteiger partial charge in [0.25, 0.3) is 0 Å². The molecule has 6 nitrogen and oxygen atoms in total. The summed E-state index contributed by atoms with van der Waals surface area (Å²) >= 11 is 0. The second-order valence-electron chi connectivity index (χ2n) is 7.07. The van der Waals surface area contributed by atoms with Gasteiger partial charge in [-0.15, -0.1) is 0 Å². The van der Waals surface area contributed by atoms with E-state index in [1.165, 1.54) is 25.8 Å². The smallest absolute Gasteiger partial charge is 0.320 e. The number of hydrogen-bond donors (Lipinski definition) is 1. The molecule has 0 aromatic heterocycles. The molecule has 24 heavy (non-hydrogen) atoms. The van der Waals surface area contributed by atoms with E-state index < -0.39 is 0 Å². The first-order chi connectivity index (χ1) is 11.2. The fourth-order valence-corrected chi connectivity index (χ4v) is 4.10. The molecule has 3 rings (SSSR count). The van der Waals surface area contributed by atoms with E-state index in [0.29, 0.717) is 26.1 Å². The lowest BCUT2D eigenvalue weighted by molar-refractivity contribution is -0.146. The zero-order valence-electron chi connectivity index (χ0n) is 14.0. The van der Waals surface area contributed by atoms with Crippen molar-refractivity contribution in [2.75, 3.05) is 52.4 Å². The molecule has 0 saturated carbocycles. The molecule has 3 saturated heterocycles. The minimum absolute atomic E-state index is 0. The third-order valence-electron chi connectivity index (χ3n) is 5.55. The molecule has 1 unspecified atom stereocenters. The summed E-state index contributed by atoms with van der Waals surface area (Å²) in [4.78, 5) is 27.4. The summed E-state index contributed by atoms with van der Waals surface area (Å²) in [6, 6.07) is 0. The van der Waals surface area contributed by atoms with Crippen LogP contribution >= 0.6 is 0 Å². The van der Waals surface area contributed by atoms with Gasteiger partial charge in [-0.25, -0.2) is 0 Å². The Bertz CT molecular complexity index is 416. The van der Waals surface area contributed by atoms with Crippen molar-refractivity contribution in [1.29, 1.82) is 0 Å². The van der Waals surface area contributed by atoms with Crippen molar-refractivity contribution in [3.63, 3.8) is 0 Å². The number of piperidine rings is 1. The van der Waals surface area contributed by atoms with E-state index in [2.05, 4.69) is 10.2 Å². The van der Waals surface area contributed by atoms with Crippen molar-refractivity contribution in [2.45, 2.75) is 39.5 Å². The molecule has 138 valence electrons. The molecule has 6 heteroatoms. The van der Waals surface area contributed by atoms with Crippen LogP contribution in [0.15, 0.2) is 0 Å². The summed E-state index contributed by atoms with van der Waals surface area (Å²) in [5.74, 6) is 1.68. The lowest BCUT2D eigenvalue weighted by Gasteiger charge is -2.34. The van der Waals surface area contributed by atoms with E-state index in [9.17, 15) is 9.59 Å². The number of esters is 1. The Kier molecular flexibility index (Phi) is 7.49. The van der Waals surface area contributed by atoms with Gasteiger partial charge < -0.3 is 15.0 Å². The van der Waals surface area contributed by atoms with Gasteiger partial charge in [-0.2, -0.15) is 0 Å². The van der Waals surface area contributed by atoms with Crippen LogP contribution < -0.4 is 5.32 Å². The molecule has 3 fully saturated rings. The zero-order valence-corrected chi connectivity index (χ0v) is 14.0. The molecular formula is C18H33N3O3. The van der Waals surface area contributed by atoms with Crippen LogP contribution in [0.2, 0.25) is 0 Å². The summed E-state index contributed by atoms with van der Waals surface area (Å²) < 4.78 is 5.30. The quantitative estimate of drug-likeness (QED) is 0.735. The maximum atomic E-state index is 11.9. The molecule has 0 aromatic rings. The van der Waals surface area contributed by atoms with E-state index in [-0.39, 0.29) is 19.3 Å². The molecule has 3 aliphatic rings. The molecule has 1 atom stereocenters. The summed E-state index contributed by atoms with van der Waals surface area (Å²) in [5.41, 5.74) is 0. The SMILES string of the molecule is C.O=C(CN1CCC(C2CCNC2)CC1)OCCN1CCCC1=O. The summed E-state index contributed by atoms with van der Waals surface area (Å²) in [6.45, 7) is 6.40. The molecule has 3 aliphatic heterocycles.